The zero-order valence-corrected chi connectivity index (χ0v) is 18.2. The number of aryl methyl sites for hydroxylation is 1. The molecular weight excluding hydrogens is 372 g/mol. The van der Waals surface area contributed by atoms with Crippen LogP contribution in [-0.4, -0.2) is 16.0 Å². The molecule has 0 saturated carbocycles. The van der Waals surface area contributed by atoms with E-state index in [2.05, 4.69) is 30.2 Å². The molecule has 0 atom stereocenters. The fourth-order valence-electron chi connectivity index (χ4n) is 4.33. The number of hydrogen-bond donors (Lipinski definition) is 3. The summed E-state index contributed by atoms with van der Waals surface area (Å²) in [7, 11) is 0. The van der Waals surface area contributed by atoms with Gasteiger partial charge in [0.05, 0.1) is 0 Å². The predicted octanol–water partition coefficient (Wildman–Crippen LogP) is 5.85. The summed E-state index contributed by atoms with van der Waals surface area (Å²) in [6, 6.07) is 19.7. The molecule has 0 radical (unpaired) electrons. The minimum Gasteiger partial charge on any atom is -0.508 e. The SMILES string of the molecule is CCCC(CCC)(c1ccc(O)c(C)c1)c1ccc(C(=O)NCc2ccccc2)[nH]1. The van der Waals surface area contributed by atoms with Gasteiger partial charge in [-0.3, -0.25) is 4.79 Å². The Morgan fingerprint density at radius 3 is 2.33 bits per heavy atom. The van der Waals surface area contributed by atoms with Crippen LogP contribution < -0.4 is 5.32 Å². The van der Waals surface area contributed by atoms with Crippen LogP contribution in [0.5, 0.6) is 5.75 Å². The molecule has 2 aromatic carbocycles. The predicted molar refractivity (Wildman–Crippen MR) is 122 cm³/mol. The average Bonchev–Trinajstić information content (AvgIpc) is 3.25. The Balaban J connectivity index is 1.90. The average molecular weight is 405 g/mol. The Labute approximate surface area is 179 Å². The van der Waals surface area contributed by atoms with Gasteiger partial charge in [-0.25, -0.2) is 0 Å². The van der Waals surface area contributed by atoms with Crippen molar-refractivity contribution in [3.8, 4) is 5.75 Å². The lowest BCUT2D eigenvalue weighted by Gasteiger charge is -2.34. The molecule has 3 aromatic rings. The highest BCUT2D eigenvalue weighted by Gasteiger charge is 2.34. The molecule has 4 heteroatoms. The van der Waals surface area contributed by atoms with Gasteiger partial charge in [0.25, 0.3) is 5.91 Å². The summed E-state index contributed by atoms with van der Waals surface area (Å²) in [4.78, 5) is 16.2. The first-order chi connectivity index (χ1) is 14.5. The van der Waals surface area contributed by atoms with E-state index < -0.39 is 0 Å². The van der Waals surface area contributed by atoms with Crippen molar-refractivity contribution < 1.29 is 9.90 Å². The van der Waals surface area contributed by atoms with Crippen molar-refractivity contribution in [1.82, 2.24) is 10.3 Å². The highest BCUT2D eigenvalue weighted by molar-refractivity contribution is 5.92. The van der Waals surface area contributed by atoms with Crippen LogP contribution in [0.25, 0.3) is 0 Å². The first-order valence-corrected chi connectivity index (χ1v) is 10.8. The first kappa shape index (κ1) is 21.7. The lowest BCUT2D eigenvalue weighted by molar-refractivity contribution is 0.0946. The van der Waals surface area contributed by atoms with Gasteiger partial charge in [0.1, 0.15) is 11.4 Å². The number of benzene rings is 2. The van der Waals surface area contributed by atoms with Crippen LogP contribution in [0.2, 0.25) is 0 Å². The van der Waals surface area contributed by atoms with Crippen molar-refractivity contribution in [3.05, 3.63) is 88.7 Å². The number of carbonyl (C=O) groups excluding carboxylic acids is 1. The van der Waals surface area contributed by atoms with Crippen molar-refractivity contribution >= 4 is 5.91 Å². The van der Waals surface area contributed by atoms with Gasteiger partial charge < -0.3 is 15.4 Å². The van der Waals surface area contributed by atoms with Gasteiger partial charge in [-0.05, 0) is 54.7 Å². The molecule has 0 aliphatic heterocycles. The van der Waals surface area contributed by atoms with E-state index in [0.29, 0.717) is 18.0 Å². The fourth-order valence-corrected chi connectivity index (χ4v) is 4.33. The number of amides is 1. The van der Waals surface area contributed by atoms with Crippen LogP contribution in [-0.2, 0) is 12.0 Å². The van der Waals surface area contributed by atoms with Gasteiger partial charge >= 0.3 is 0 Å². The van der Waals surface area contributed by atoms with Gasteiger partial charge in [-0.15, -0.1) is 0 Å². The highest BCUT2D eigenvalue weighted by atomic mass is 16.3. The van der Waals surface area contributed by atoms with Crippen molar-refractivity contribution in [1.29, 1.82) is 0 Å². The van der Waals surface area contributed by atoms with Crippen LogP contribution in [0.4, 0.5) is 0 Å². The Bertz CT molecular complexity index is 970. The number of H-pyrrole nitrogens is 1. The molecule has 3 rings (SSSR count). The number of carbonyl (C=O) groups is 1. The maximum absolute atomic E-state index is 12.7. The van der Waals surface area contributed by atoms with Gasteiger partial charge in [0, 0.05) is 17.7 Å². The number of hydrogen-bond acceptors (Lipinski definition) is 2. The molecule has 0 aliphatic carbocycles. The third-order valence-corrected chi connectivity index (χ3v) is 5.85. The molecule has 1 aromatic heterocycles. The monoisotopic (exact) mass is 404 g/mol. The zero-order chi connectivity index (χ0) is 21.6. The van der Waals surface area contributed by atoms with Crippen LogP contribution in [0.1, 0.15) is 72.4 Å². The van der Waals surface area contributed by atoms with E-state index in [-0.39, 0.29) is 11.3 Å². The summed E-state index contributed by atoms with van der Waals surface area (Å²) in [5.41, 5.74) is 4.55. The van der Waals surface area contributed by atoms with E-state index >= 15 is 0 Å². The summed E-state index contributed by atoms with van der Waals surface area (Å²) in [6.07, 6.45) is 3.98. The van der Waals surface area contributed by atoms with Crippen molar-refractivity contribution in [2.45, 2.75) is 58.4 Å². The molecule has 0 spiro atoms. The number of aromatic hydroxyl groups is 1. The second-order valence-corrected chi connectivity index (χ2v) is 8.04. The number of nitrogens with one attached hydrogen (secondary N) is 2. The quantitative estimate of drug-likeness (QED) is 0.419. The van der Waals surface area contributed by atoms with Crippen molar-refractivity contribution in [3.63, 3.8) is 0 Å². The molecule has 4 nitrogen and oxygen atoms in total. The van der Waals surface area contributed by atoms with E-state index in [4.69, 9.17) is 0 Å². The lowest BCUT2D eigenvalue weighted by Crippen LogP contribution is -2.29. The van der Waals surface area contributed by atoms with Crippen LogP contribution in [0.15, 0.2) is 60.7 Å². The maximum Gasteiger partial charge on any atom is 0.267 e. The summed E-state index contributed by atoms with van der Waals surface area (Å²) in [5, 5.41) is 13.0. The summed E-state index contributed by atoms with van der Waals surface area (Å²) < 4.78 is 0. The molecule has 0 bridgehead atoms. The summed E-state index contributed by atoms with van der Waals surface area (Å²) >= 11 is 0. The van der Waals surface area contributed by atoms with Gasteiger partial charge in [0.2, 0.25) is 0 Å². The molecule has 30 heavy (non-hydrogen) atoms. The van der Waals surface area contributed by atoms with Crippen LogP contribution >= 0.6 is 0 Å². The number of aromatic amines is 1. The third-order valence-electron chi connectivity index (χ3n) is 5.85. The molecule has 1 amide bonds. The van der Waals surface area contributed by atoms with E-state index in [1.54, 1.807) is 6.07 Å². The van der Waals surface area contributed by atoms with Gasteiger partial charge in [-0.2, -0.15) is 0 Å². The number of aromatic nitrogens is 1. The largest absolute Gasteiger partial charge is 0.508 e. The van der Waals surface area contributed by atoms with Crippen molar-refractivity contribution in [2.24, 2.45) is 0 Å². The van der Waals surface area contributed by atoms with Crippen LogP contribution in [0, 0.1) is 6.92 Å². The van der Waals surface area contributed by atoms with Crippen LogP contribution in [0.3, 0.4) is 0 Å². The van der Waals surface area contributed by atoms with E-state index in [9.17, 15) is 9.90 Å². The van der Waals surface area contributed by atoms with Crippen molar-refractivity contribution in [2.75, 3.05) is 0 Å². The molecule has 0 fully saturated rings. The molecule has 3 N–H and O–H groups in total. The fraction of sp³-hybridized carbons (Fsp3) is 0.346. The second kappa shape index (κ2) is 9.66. The summed E-state index contributed by atoms with van der Waals surface area (Å²) in [5.74, 6) is 0.210. The number of rotatable bonds is 9. The first-order valence-electron chi connectivity index (χ1n) is 10.8. The number of phenolic OH excluding ortho intramolecular Hbond substituents is 1. The molecule has 158 valence electrons. The minimum absolute atomic E-state index is 0.103. The molecule has 1 heterocycles. The topological polar surface area (TPSA) is 65.1 Å². The van der Waals surface area contributed by atoms with E-state index in [0.717, 1.165) is 42.5 Å². The number of phenols is 1. The van der Waals surface area contributed by atoms with Gasteiger partial charge in [-0.1, -0.05) is 69.2 Å². The van der Waals surface area contributed by atoms with E-state index in [1.807, 2.05) is 55.5 Å². The second-order valence-electron chi connectivity index (χ2n) is 8.04. The van der Waals surface area contributed by atoms with Gasteiger partial charge in [0.15, 0.2) is 0 Å². The smallest absolute Gasteiger partial charge is 0.267 e. The standard InChI is InChI=1S/C26H32N2O2/c1-4-15-26(16-5-2,21-11-13-23(29)19(3)17-21)24-14-12-22(28-24)25(30)27-18-20-9-7-6-8-10-20/h6-14,17,28-29H,4-5,15-16,18H2,1-3H3,(H,27,30). The van der Waals surface area contributed by atoms with E-state index in [1.165, 1.54) is 5.56 Å². The normalized spacial score (nSPS) is 11.4. The Hall–Kier alpha value is -3.01. The maximum atomic E-state index is 12.7. The molecule has 0 saturated heterocycles. The Morgan fingerprint density at radius 1 is 1.00 bits per heavy atom. The minimum atomic E-state index is -0.208. The lowest BCUT2D eigenvalue weighted by atomic mass is 9.70. The Morgan fingerprint density at radius 2 is 1.70 bits per heavy atom. The molecular formula is C26H32N2O2. The molecule has 0 aliphatic rings. The summed E-state index contributed by atoms with van der Waals surface area (Å²) in [6.45, 7) is 6.81. The highest BCUT2D eigenvalue weighted by Crippen LogP contribution is 2.41. The zero-order valence-electron chi connectivity index (χ0n) is 18.2. The third kappa shape index (κ3) is 4.59. The molecule has 0 unspecified atom stereocenters. The Kier molecular flexibility index (Phi) is 6.99.